The second-order valence-corrected chi connectivity index (χ2v) is 8.25. The summed E-state index contributed by atoms with van der Waals surface area (Å²) in [5, 5.41) is 2.16. The Hall–Kier alpha value is -5.02. The normalized spacial score (nSPS) is 9.88. The first-order valence-corrected chi connectivity index (χ1v) is 12.4. The van der Waals surface area contributed by atoms with Crippen LogP contribution in [0.3, 0.4) is 0 Å². The van der Waals surface area contributed by atoms with Crippen molar-refractivity contribution in [3.05, 3.63) is 108 Å². The maximum atomic E-state index is 11.7. The van der Waals surface area contributed by atoms with E-state index in [1.54, 1.807) is 99.1 Å². The number of alkyl halides is 1. The molecule has 0 fully saturated rings. The molecule has 0 aliphatic carbocycles. The number of ether oxygens (including phenoxy) is 4. The molecule has 0 unspecified atom stereocenters. The van der Waals surface area contributed by atoms with Crippen LogP contribution in [-0.4, -0.2) is 37.8 Å². The molecular weight excluding hydrogens is 536 g/mol. The number of nitrogens with two attached hydrogens (primary N) is 1. The van der Waals surface area contributed by atoms with Gasteiger partial charge in [-0.1, -0.05) is 0 Å². The third kappa shape index (κ3) is 9.07. The average Bonchev–Trinajstić information content (AvgIpc) is 2.99. The van der Waals surface area contributed by atoms with Gasteiger partial charge in [0.1, 0.15) is 40.4 Å². The van der Waals surface area contributed by atoms with Crippen molar-refractivity contribution in [2.45, 2.75) is 0 Å². The first kappa shape index (κ1) is 29.5. The summed E-state index contributed by atoms with van der Waals surface area (Å²) in [6.45, 7) is 0. The second kappa shape index (κ2) is 14.8. The minimum Gasteiger partial charge on any atom is -0.497 e. The highest BCUT2D eigenvalue weighted by molar-refractivity contribution is 6.28. The molecule has 0 radical (unpaired) electrons. The van der Waals surface area contributed by atoms with Crippen LogP contribution < -0.4 is 30.0 Å². The Morgan fingerprint density at radius 1 is 0.600 bits per heavy atom. The van der Waals surface area contributed by atoms with Gasteiger partial charge in [0.25, 0.3) is 5.91 Å². The van der Waals surface area contributed by atoms with Gasteiger partial charge in [-0.2, -0.15) is 0 Å². The minimum absolute atomic E-state index is 0.260. The van der Waals surface area contributed by atoms with Crippen molar-refractivity contribution in [3.8, 4) is 34.5 Å². The number of rotatable bonds is 9. The van der Waals surface area contributed by atoms with Gasteiger partial charge in [-0.15, -0.1) is 11.6 Å². The summed E-state index contributed by atoms with van der Waals surface area (Å²) in [5.41, 5.74) is 5.96. The molecule has 3 amide bonds. The molecule has 0 aromatic heterocycles. The van der Waals surface area contributed by atoms with Crippen molar-refractivity contribution >= 4 is 29.3 Å². The molecule has 10 heteroatoms. The number of primary amides is 1. The van der Waals surface area contributed by atoms with Crippen LogP contribution in [0, 0.1) is 0 Å². The summed E-state index contributed by atoms with van der Waals surface area (Å²) in [4.78, 5) is 33.7. The van der Waals surface area contributed by atoms with Gasteiger partial charge in [-0.25, -0.2) is 0 Å². The van der Waals surface area contributed by atoms with Gasteiger partial charge in [0.05, 0.1) is 14.2 Å². The Bertz CT molecular complexity index is 1410. The average molecular weight is 563 g/mol. The molecule has 0 heterocycles. The zero-order valence-corrected chi connectivity index (χ0v) is 22.5. The Labute approximate surface area is 236 Å². The first-order chi connectivity index (χ1) is 19.3. The Balaban J connectivity index is 0.000000225. The van der Waals surface area contributed by atoms with E-state index in [4.69, 9.17) is 36.3 Å². The summed E-state index contributed by atoms with van der Waals surface area (Å²) in [6.07, 6.45) is 0. The summed E-state index contributed by atoms with van der Waals surface area (Å²) in [5.74, 6) is 2.32. The SMILES string of the molecule is COc1ccc(Oc2ccc(C(=O)NC(=O)CCl)cc2)cc1.COc1ccc(Oc2ccc(C(N)=O)cc2)cc1. The first-order valence-electron chi connectivity index (χ1n) is 11.8. The number of halogens is 1. The summed E-state index contributed by atoms with van der Waals surface area (Å²) < 4.78 is 21.4. The molecule has 4 rings (SSSR count). The molecule has 0 saturated heterocycles. The zero-order chi connectivity index (χ0) is 28.9. The van der Waals surface area contributed by atoms with Crippen LogP contribution in [-0.2, 0) is 4.79 Å². The Morgan fingerprint density at radius 2 is 0.925 bits per heavy atom. The third-order valence-corrected chi connectivity index (χ3v) is 5.46. The lowest BCUT2D eigenvalue weighted by Crippen LogP contribution is -2.31. The van der Waals surface area contributed by atoms with Gasteiger partial charge in [0.15, 0.2) is 0 Å². The molecule has 0 bridgehead atoms. The van der Waals surface area contributed by atoms with Gasteiger partial charge >= 0.3 is 0 Å². The highest BCUT2D eigenvalue weighted by Gasteiger charge is 2.09. The lowest BCUT2D eigenvalue weighted by atomic mass is 10.2. The lowest BCUT2D eigenvalue weighted by molar-refractivity contribution is -0.117. The van der Waals surface area contributed by atoms with E-state index in [-0.39, 0.29) is 5.88 Å². The van der Waals surface area contributed by atoms with Crippen LogP contribution in [0.4, 0.5) is 0 Å². The van der Waals surface area contributed by atoms with Gasteiger partial charge in [-0.3, -0.25) is 19.7 Å². The molecule has 3 N–H and O–H groups in total. The number of amides is 3. The van der Waals surface area contributed by atoms with Crippen molar-refractivity contribution in [2.75, 3.05) is 20.1 Å². The van der Waals surface area contributed by atoms with E-state index < -0.39 is 17.7 Å². The summed E-state index contributed by atoms with van der Waals surface area (Å²) in [6, 6.07) is 27.4. The van der Waals surface area contributed by atoms with E-state index in [0.29, 0.717) is 34.1 Å². The molecule has 0 saturated carbocycles. The number of methoxy groups -OCH3 is 2. The minimum atomic E-state index is -0.537. The van der Waals surface area contributed by atoms with Crippen LogP contribution in [0.1, 0.15) is 20.7 Å². The van der Waals surface area contributed by atoms with Crippen LogP contribution in [0.25, 0.3) is 0 Å². The predicted octanol–water partition coefficient (Wildman–Crippen LogP) is 5.57. The standard InChI is InChI=1S/C16H14ClNO4.C14H13NO3/c1-21-12-6-8-14(9-7-12)22-13-4-2-11(3-5-13)16(20)18-15(19)10-17;1-17-11-6-8-13(9-7-11)18-12-4-2-10(3-5-12)14(15)16/h2-9H,10H2,1H3,(H,18,19,20);2-9H,1H3,(H2,15,16). The number of benzene rings is 4. The van der Waals surface area contributed by atoms with E-state index in [9.17, 15) is 14.4 Å². The fourth-order valence-electron chi connectivity index (χ4n) is 3.15. The van der Waals surface area contributed by atoms with Crippen molar-refractivity contribution in [3.63, 3.8) is 0 Å². The highest BCUT2D eigenvalue weighted by Crippen LogP contribution is 2.25. The molecule has 0 aliphatic rings. The van der Waals surface area contributed by atoms with Gasteiger partial charge in [-0.05, 0) is 97.1 Å². The van der Waals surface area contributed by atoms with E-state index >= 15 is 0 Å². The number of carbonyl (C=O) groups excluding carboxylic acids is 3. The van der Waals surface area contributed by atoms with Gasteiger partial charge in [0, 0.05) is 11.1 Å². The molecule has 206 valence electrons. The molecule has 9 nitrogen and oxygen atoms in total. The Kier molecular flexibility index (Phi) is 10.9. The van der Waals surface area contributed by atoms with Crippen LogP contribution in [0.2, 0.25) is 0 Å². The largest absolute Gasteiger partial charge is 0.497 e. The molecule has 40 heavy (non-hydrogen) atoms. The van der Waals surface area contributed by atoms with Crippen LogP contribution in [0.15, 0.2) is 97.1 Å². The van der Waals surface area contributed by atoms with E-state index in [0.717, 1.165) is 11.5 Å². The molecule has 0 spiro atoms. The van der Waals surface area contributed by atoms with Crippen molar-refractivity contribution in [1.82, 2.24) is 5.32 Å². The number of carbonyl (C=O) groups is 3. The topological polar surface area (TPSA) is 126 Å². The van der Waals surface area contributed by atoms with Crippen LogP contribution >= 0.6 is 11.6 Å². The number of hydrogen-bond donors (Lipinski definition) is 2. The quantitative estimate of drug-likeness (QED) is 0.255. The Morgan fingerprint density at radius 3 is 1.25 bits per heavy atom. The second-order valence-electron chi connectivity index (χ2n) is 7.98. The summed E-state index contributed by atoms with van der Waals surface area (Å²) in [7, 11) is 3.20. The maximum Gasteiger partial charge on any atom is 0.257 e. The summed E-state index contributed by atoms with van der Waals surface area (Å²) >= 11 is 5.33. The van der Waals surface area contributed by atoms with Gasteiger partial charge in [0.2, 0.25) is 11.8 Å². The molecule has 0 aliphatic heterocycles. The van der Waals surface area contributed by atoms with Crippen molar-refractivity contribution in [1.29, 1.82) is 0 Å². The van der Waals surface area contributed by atoms with E-state index in [2.05, 4.69) is 5.32 Å². The third-order valence-electron chi connectivity index (χ3n) is 5.22. The fourth-order valence-corrected chi connectivity index (χ4v) is 3.22. The highest BCUT2D eigenvalue weighted by atomic mass is 35.5. The molecule has 0 atom stereocenters. The number of hydrogen-bond acceptors (Lipinski definition) is 7. The fraction of sp³-hybridized carbons (Fsp3) is 0.100. The van der Waals surface area contributed by atoms with E-state index in [1.165, 1.54) is 0 Å². The van der Waals surface area contributed by atoms with Crippen LogP contribution in [0.5, 0.6) is 34.5 Å². The number of imide groups is 1. The molecule has 4 aromatic carbocycles. The monoisotopic (exact) mass is 562 g/mol. The predicted molar refractivity (Wildman–Crippen MR) is 151 cm³/mol. The van der Waals surface area contributed by atoms with Crippen molar-refractivity contribution < 1.29 is 33.3 Å². The molecular formula is C30H27ClN2O7. The van der Waals surface area contributed by atoms with Crippen molar-refractivity contribution in [2.24, 2.45) is 5.73 Å². The maximum absolute atomic E-state index is 11.7. The molecule has 4 aromatic rings. The smallest absolute Gasteiger partial charge is 0.257 e. The van der Waals surface area contributed by atoms with Gasteiger partial charge < -0.3 is 24.7 Å². The zero-order valence-electron chi connectivity index (χ0n) is 21.8. The lowest BCUT2D eigenvalue weighted by Gasteiger charge is -2.07. The van der Waals surface area contributed by atoms with E-state index in [1.807, 2.05) is 12.1 Å². The number of nitrogens with one attached hydrogen (secondary N) is 1.